The van der Waals surface area contributed by atoms with E-state index in [2.05, 4.69) is 35.5 Å². The smallest absolute Gasteiger partial charge is 0.394 e. The van der Waals surface area contributed by atoms with Crippen molar-refractivity contribution in [3.63, 3.8) is 0 Å². The second-order valence-corrected chi connectivity index (χ2v) is 20.0. The van der Waals surface area contributed by atoms with Crippen LogP contribution in [0.4, 0.5) is 0 Å². The van der Waals surface area contributed by atoms with Crippen LogP contribution in [0, 0.1) is 0 Å². The van der Waals surface area contributed by atoms with E-state index in [9.17, 15) is 43.3 Å². The summed E-state index contributed by atoms with van der Waals surface area (Å²) in [5.74, 6) is -0.708. The lowest BCUT2D eigenvalue weighted by atomic mass is 9.99. The molecule has 0 saturated carbocycles. The molecule has 1 fully saturated rings. The van der Waals surface area contributed by atoms with Crippen molar-refractivity contribution in [1.82, 2.24) is 5.32 Å². The summed E-state index contributed by atoms with van der Waals surface area (Å²) < 4.78 is 47.6. The fourth-order valence-electron chi connectivity index (χ4n) is 8.60. The Morgan fingerprint density at radius 3 is 1.45 bits per heavy atom. The Kier molecular flexibility index (Phi) is 40.2. The Morgan fingerprint density at radius 1 is 0.606 bits per heavy atom. The van der Waals surface area contributed by atoms with E-state index in [0.29, 0.717) is 12.8 Å². The molecule has 14 heteroatoms. The summed E-state index contributed by atoms with van der Waals surface area (Å²) >= 11 is 0. The molecule has 0 aromatic carbocycles. The number of hydrogen-bond donors (Lipinski definition) is 7. The zero-order valence-corrected chi connectivity index (χ0v) is 42.4. The van der Waals surface area contributed by atoms with Crippen LogP contribution in [0.25, 0.3) is 0 Å². The third-order valence-corrected chi connectivity index (χ3v) is 13.3. The molecular formula is C52H99NO12S. The van der Waals surface area contributed by atoms with Crippen LogP contribution in [0.2, 0.25) is 0 Å². The normalized spacial score (nSPS) is 20.6. The Balaban J connectivity index is 2.50. The Labute approximate surface area is 402 Å². The van der Waals surface area contributed by atoms with E-state index in [-0.39, 0.29) is 6.42 Å². The lowest BCUT2D eigenvalue weighted by Crippen LogP contribution is -2.61. The Bertz CT molecular complexity index is 1290. The van der Waals surface area contributed by atoms with Gasteiger partial charge in [0.15, 0.2) is 6.29 Å². The molecule has 8 unspecified atom stereocenters. The van der Waals surface area contributed by atoms with Crippen molar-refractivity contribution in [3.05, 3.63) is 24.3 Å². The van der Waals surface area contributed by atoms with Crippen LogP contribution in [-0.2, 0) is 28.9 Å². The fourth-order valence-corrected chi connectivity index (χ4v) is 9.10. The molecule has 66 heavy (non-hydrogen) atoms. The monoisotopic (exact) mass is 962 g/mol. The van der Waals surface area contributed by atoms with Crippen LogP contribution in [0.3, 0.4) is 0 Å². The molecule has 1 heterocycles. The number of nitrogens with one attached hydrogen (secondary N) is 1. The van der Waals surface area contributed by atoms with E-state index in [1.807, 2.05) is 0 Å². The maximum absolute atomic E-state index is 13.2. The van der Waals surface area contributed by atoms with Gasteiger partial charge in [0.2, 0.25) is 5.91 Å². The first kappa shape index (κ1) is 62.6. The summed E-state index contributed by atoms with van der Waals surface area (Å²) in [5, 5.41) is 55.4. The molecule has 1 aliphatic heterocycles. The van der Waals surface area contributed by atoms with Crippen LogP contribution >= 0.6 is 0 Å². The van der Waals surface area contributed by atoms with Crippen molar-refractivity contribution in [2.24, 2.45) is 0 Å². The zero-order valence-electron chi connectivity index (χ0n) is 41.6. The summed E-state index contributed by atoms with van der Waals surface area (Å²) in [6.07, 6.45) is 38.3. The molecule has 13 nitrogen and oxygen atoms in total. The van der Waals surface area contributed by atoms with Crippen molar-refractivity contribution in [1.29, 1.82) is 0 Å². The minimum Gasteiger partial charge on any atom is -0.394 e. The average Bonchev–Trinajstić information content (AvgIpc) is 3.29. The quantitative estimate of drug-likeness (QED) is 0.0173. The van der Waals surface area contributed by atoms with E-state index in [1.54, 1.807) is 6.08 Å². The molecule has 0 radical (unpaired) electrons. The van der Waals surface area contributed by atoms with E-state index in [4.69, 9.17) is 9.47 Å². The first-order chi connectivity index (χ1) is 31.9. The summed E-state index contributed by atoms with van der Waals surface area (Å²) in [7, 11) is -5.12. The molecular weight excluding hydrogens is 863 g/mol. The predicted octanol–water partition coefficient (Wildman–Crippen LogP) is 10.6. The van der Waals surface area contributed by atoms with Gasteiger partial charge in [-0.25, -0.2) is 4.18 Å². The first-order valence-electron chi connectivity index (χ1n) is 26.8. The molecule has 0 aromatic rings. The van der Waals surface area contributed by atoms with E-state index < -0.39 is 78.5 Å². The maximum atomic E-state index is 13.2. The molecule has 8 atom stereocenters. The fraction of sp³-hybridized carbons (Fsp3) is 0.904. The number of carbonyl (C=O) groups is 1. The van der Waals surface area contributed by atoms with Gasteiger partial charge in [-0.05, 0) is 32.1 Å². The predicted molar refractivity (Wildman–Crippen MR) is 265 cm³/mol. The van der Waals surface area contributed by atoms with E-state index >= 15 is 0 Å². The number of carbonyl (C=O) groups excluding carboxylic acids is 1. The van der Waals surface area contributed by atoms with E-state index in [1.165, 1.54) is 173 Å². The third-order valence-electron chi connectivity index (χ3n) is 12.8. The number of unbranched alkanes of at least 4 members (excludes halogenated alkanes) is 31. The van der Waals surface area contributed by atoms with Gasteiger partial charge in [-0.2, -0.15) is 8.42 Å². The Hall–Kier alpha value is -1.46. The molecule has 1 saturated heterocycles. The van der Waals surface area contributed by atoms with Gasteiger partial charge in [0, 0.05) is 0 Å². The highest BCUT2D eigenvalue weighted by Gasteiger charge is 2.48. The summed E-state index contributed by atoms with van der Waals surface area (Å²) in [4.78, 5) is 13.2. The topological polar surface area (TPSA) is 212 Å². The molecule has 390 valence electrons. The number of aliphatic hydroxyl groups excluding tert-OH is 5. The van der Waals surface area contributed by atoms with Gasteiger partial charge >= 0.3 is 10.4 Å². The standard InChI is InChI=1S/C52H99NO12S/c1-3-5-7-9-11-13-15-17-19-21-22-23-25-27-29-31-33-35-37-39-41-46(56)51(59)53-44(43-63-52-49(58)50(65-66(60,61)62)48(57)47(42-54)64-52)45(55)40-38-36-34-32-30-28-26-24-20-18-16-14-12-10-8-6-4-2/h30,32,38,40,44-50,52,54-58H,3-29,31,33-37,39,41-43H2,1-2H3,(H,53,59)(H,60,61,62)/b32-30+,40-38+. The van der Waals surface area contributed by atoms with Crippen molar-refractivity contribution in [2.75, 3.05) is 13.2 Å². The lowest BCUT2D eigenvalue weighted by Gasteiger charge is -2.41. The van der Waals surface area contributed by atoms with Crippen molar-refractivity contribution < 1.29 is 57.0 Å². The summed E-state index contributed by atoms with van der Waals surface area (Å²) in [6.45, 7) is 3.23. The number of rotatable bonds is 46. The lowest BCUT2D eigenvalue weighted by molar-refractivity contribution is -0.298. The van der Waals surface area contributed by atoms with Gasteiger partial charge in [-0.15, -0.1) is 0 Å². The van der Waals surface area contributed by atoms with Gasteiger partial charge in [0.1, 0.15) is 30.5 Å². The number of aliphatic hydroxyl groups is 5. The van der Waals surface area contributed by atoms with Crippen molar-refractivity contribution >= 4 is 16.3 Å². The average molecular weight is 962 g/mol. The minimum atomic E-state index is -5.12. The van der Waals surface area contributed by atoms with Crippen LogP contribution in [0.1, 0.15) is 239 Å². The number of amides is 1. The van der Waals surface area contributed by atoms with Gasteiger partial charge < -0.3 is 40.3 Å². The second kappa shape index (κ2) is 42.4. The number of ether oxygens (including phenoxy) is 2. The molecule has 0 bridgehead atoms. The highest BCUT2D eigenvalue weighted by Crippen LogP contribution is 2.26. The zero-order chi connectivity index (χ0) is 48.5. The highest BCUT2D eigenvalue weighted by molar-refractivity contribution is 7.80. The molecule has 7 N–H and O–H groups in total. The molecule has 1 amide bonds. The molecule has 1 aliphatic rings. The number of hydrogen-bond acceptors (Lipinski definition) is 11. The van der Waals surface area contributed by atoms with Crippen LogP contribution in [0.15, 0.2) is 24.3 Å². The van der Waals surface area contributed by atoms with Crippen molar-refractivity contribution in [2.45, 2.75) is 288 Å². The van der Waals surface area contributed by atoms with Crippen molar-refractivity contribution in [3.8, 4) is 0 Å². The molecule has 0 aliphatic carbocycles. The molecule has 0 aromatic heterocycles. The van der Waals surface area contributed by atoms with Crippen LogP contribution in [-0.4, -0.2) is 107 Å². The summed E-state index contributed by atoms with van der Waals surface area (Å²) in [6, 6.07) is -1.13. The minimum absolute atomic E-state index is 0.241. The van der Waals surface area contributed by atoms with Gasteiger partial charge in [-0.1, -0.05) is 231 Å². The van der Waals surface area contributed by atoms with Crippen LogP contribution in [0.5, 0.6) is 0 Å². The van der Waals surface area contributed by atoms with Crippen LogP contribution < -0.4 is 5.32 Å². The summed E-state index contributed by atoms with van der Waals surface area (Å²) in [5.41, 5.74) is 0. The van der Waals surface area contributed by atoms with Gasteiger partial charge in [-0.3, -0.25) is 9.35 Å². The van der Waals surface area contributed by atoms with E-state index in [0.717, 1.165) is 38.5 Å². The SMILES string of the molecule is CCCCCCCCCCCCC/C=C/CC/C=C/C(O)C(COC1OC(CO)C(O)C(OS(=O)(=O)O)C1O)NC(=O)C(O)CCCCCCCCCCCCCCCCCCCCCC. The Morgan fingerprint density at radius 2 is 1.02 bits per heavy atom. The third kappa shape index (κ3) is 33.9. The first-order valence-corrected chi connectivity index (χ1v) is 28.2. The maximum Gasteiger partial charge on any atom is 0.397 e. The largest absolute Gasteiger partial charge is 0.397 e. The molecule has 1 rings (SSSR count). The highest BCUT2D eigenvalue weighted by atomic mass is 32.3. The molecule has 0 spiro atoms. The second-order valence-electron chi connectivity index (χ2n) is 19.0. The van der Waals surface area contributed by atoms with Gasteiger partial charge in [0.25, 0.3) is 0 Å². The van der Waals surface area contributed by atoms with Gasteiger partial charge in [0.05, 0.1) is 25.4 Å². The number of allylic oxidation sites excluding steroid dienone is 3.